The lowest BCUT2D eigenvalue weighted by molar-refractivity contribution is 0.629. The molecule has 0 aliphatic carbocycles. The fourth-order valence-corrected chi connectivity index (χ4v) is 3.98. The molecule has 0 atom stereocenters. The maximum Gasteiger partial charge on any atom is 0.332 e. The molecule has 0 spiro atoms. The molecule has 5 rings (SSSR count). The van der Waals surface area contributed by atoms with E-state index in [0.717, 1.165) is 15.8 Å². The van der Waals surface area contributed by atoms with E-state index >= 15 is 0 Å². The largest absolute Gasteiger partial charge is 0.381 e. The second-order valence-corrected chi connectivity index (χ2v) is 7.82. The highest BCUT2D eigenvalue weighted by Gasteiger charge is 2.27. The van der Waals surface area contributed by atoms with Crippen LogP contribution in [0.4, 0.5) is 16.0 Å². The van der Waals surface area contributed by atoms with Gasteiger partial charge in [-0.25, -0.2) is 14.2 Å². The summed E-state index contributed by atoms with van der Waals surface area (Å²) in [5.74, 6) is 0.119. The van der Waals surface area contributed by atoms with E-state index in [-0.39, 0.29) is 5.82 Å². The predicted octanol–water partition coefficient (Wildman–Crippen LogP) is 1.91. The highest BCUT2D eigenvalue weighted by Crippen LogP contribution is 2.25. The third-order valence-electron chi connectivity index (χ3n) is 5.73. The van der Waals surface area contributed by atoms with Crippen molar-refractivity contribution in [2.24, 2.45) is 19.2 Å². The molecule has 4 aromatic rings. The summed E-state index contributed by atoms with van der Waals surface area (Å²) in [4.78, 5) is 30.0. The topological polar surface area (TPSA) is 89.4 Å². The van der Waals surface area contributed by atoms with E-state index in [1.54, 1.807) is 34.8 Å². The number of aryl methyl sites for hydroxylation is 1. The molecule has 1 aliphatic heterocycles. The van der Waals surface area contributed by atoms with Gasteiger partial charge in [0, 0.05) is 20.6 Å². The number of aromatic nitrogens is 4. The molecule has 0 saturated heterocycles. The molecule has 33 heavy (non-hydrogen) atoms. The molecule has 1 aliphatic rings. The van der Waals surface area contributed by atoms with Gasteiger partial charge in [0.1, 0.15) is 5.82 Å². The van der Waals surface area contributed by atoms with Gasteiger partial charge in [-0.05, 0) is 17.7 Å². The molecule has 1 N–H and O–H groups in total. The number of fused-ring (bicyclic) bond motifs is 3. The Kier molecular flexibility index (Phi) is 5.04. The molecule has 0 saturated carbocycles. The van der Waals surface area contributed by atoms with Crippen molar-refractivity contribution in [3.8, 4) is 0 Å². The Labute approximate surface area is 188 Å². The number of rotatable bonds is 5. The van der Waals surface area contributed by atoms with Crippen LogP contribution >= 0.6 is 0 Å². The summed E-state index contributed by atoms with van der Waals surface area (Å²) in [5, 5.41) is 9.54. The predicted molar refractivity (Wildman–Crippen MR) is 125 cm³/mol. The first-order valence-corrected chi connectivity index (χ1v) is 10.5. The lowest BCUT2D eigenvalue weighted by Gasteiger charge is -2.26. The number of nitrogens with one attached hydrogen (secondary N) is 1. The maximum absolute atomic E-state index is 14.0. The highest BCUT2D eigenvalue weighted by atomic mass is 19.1. The van der Waals surface area contributed by atoms with Crippen LogP contribution in [0.5, 0.6) is 0 Å². The van der Waals surface area contributed by atoms with Gasteiger partial charge in [-0.1, -0.05) is 42.5 Å². The number of nitrogens with zero attached hydrogens (tertiary/aromatic N) is 6. The molecule has 0 radical (unpaired) electrons. The van der Waals surface area contributed by atoms with Crippen molar-refractivity contribution in [2.45, 2.75) is 6.54 Å². The van der Waals surface area contributed by atoms with Gasteiger partial charge in [-0.15, -0.1) is 0 Å². The van der Waals surface area contributed by atoms with Crippen LogP contribution in [0, 0.1) is 5.82 Å². The van der Waals surface area contributed by atoms with Crippen LogP contribution in [-0.4, -0.2) is 37.5 Å². The van der Waals surface area contributed by atoms with Gasteiger partial charge < -0.3 is 5.32 Å². The summed E-state index contributed by atoms with van der Waals surface area (Å²) >= 11 is 0. The average molecular weight is 447 g/mol. The molecular formula is C23H22FN7O2. The monoisotopic (exact) mass is 447 g/mol. The van der Waals surface area contributed by atoms with Crippen molar-refractivity contribution < 1.29 is 4.39 Å². The van der Waals surface area contributed by atoms with Crippen molar-refractivity contribution in [3.63, 3.8) is 0 Å². The molecule has 0 amide bonds. The minimum atomic E-state index is -0.445. The Morgan fingerprint density at radius 1 is 1.00 bits per heavy atom. The lowest BCUT2D eigenvalue weighted by Crippen LogP contribution is -2.38. The standard InChI is InChI=1S/C23H22FN7O2/c1-28-20-19(21(32)29(2)23(28)33)30-14-18(15-8-4-3-5-9-15)27-31(22(30)26-20)13-12-25-17-11-7-6-10-16(17)24/h3-11,25H,12-14H2,1-2H3. The van der Waals surface area contributed by atoms with Gasteiger partial charge >= 0.3 is 5.69 Å². The Bertz CT molecular complexity index is 1500. The highest BCUT2D eigenvalue weighted by molar-refractivity contribution is 6.02. The first-order chi connectivity index (χ1) is 16.0. The minimum Gasteiger partial charge on any atom is -0.381 e. The van der Waals surface area contributed by atoms with E-state index in [9.17, 15) is 14.0 Å². The van der Waals surface area contributed by atoms with Crippen molar-refractivity contribution in [2.75, 3.05) is 23.4 Å². The zero-order valence-corrected chi connectivity index (χ0v) is 18.2. The van der Waals surface area contributed by atoms with Gasteiger partial charge in [-0.2, -0.15) is 10.1 Å². The van der Waals surface area contributed by atoms with E-state index < -0.39 is 11.2 Å². The fraction of sp³-hybridized carbons (Fsp3) is 0.217. The van der Waals surface area contributed by atoms with Crippen LogP contribution in [0.15, 0.2) is 69.3 Å². The summed E-state index contributed by atoms with van der Waals surface area (Å²) in [6.45, 7) is 1.08. The van der Waals surface area contributed by atoms with E-state index in [1.807, 2.05) is 30.3 Å². The zero-order valence-electron chi connectivity index (χ0n) is 18.2. The molecule has 0 bridgehead atoms. The number of imidazole rings is 1. The third-order valence-corrected chi connectivity index (χ3v) is 5.73. The normalized spacial score (nSPS) is 13.2. The van der Waals surface area contributed by atoms with Gasteiger partial charge in [0.15, 0.2) is 11.2 Å². The number of hydrogen-bond acceptors (Lipinski definition) is 6. The summed E-state index contributed by atoms with van der Waals surface area (Å²) < 4.78 is 18.2. The molecule has 2 aromatic carbocycles. The van der Waals surface area contributed by atoms with Gasteiger partial charge in [0.2, 0.25) is 5.95 Å². The first kappa shape index (κ1) is 20.7. The average Bonchev–Trinajstić information content (AvgIpc) is 3.23. The molecule has 3 heterocycles. The van der Waals surface area contributed by atoms with Crippen LogP contribution in [0.25, 0.3) is 11.2 Å². The smallest absolute Gasteiger partial charge is 0.332 e. The summed E-state index contributed by atoms with van der Waals surface area (Å²) in [6, 6.07) is 16.1. The Hall–Kier alpha value is -4.21. The van der Waals surface area contributed by atoms with Crippen molar-refractivity contribution in [1.29, 1.82) is 0 Å². The third kappa shape index (κ3) is 3.49. The number of hydrazone groups is 1. The molecule has 2 aromatic heterocycles. The van der Waals surface area contributed by atoms with E-state index in [1.165, 1.54) is 17.7 Å². The van der Waals surface area contributed by atoms with E-state index in [2.05, 4.69) is 10.3 Å². The Balaban J connectivity index is 1.58. The number of para-hydroxylation sites is 1. The van der Waals surface area contributed by atoms with Gasteiger partial charge in [0.05, 0.1) is 24.5 Å². The van der Waals surface area contributed by atoms with Crippen molar-refractivity contribution >= 4 is 28.5 Å². The van der Waals surface area contributed by atoms with Crippen LogP contribution < -0.4 is 21.6 Å². The number of anilines is 2. The summed E-state index contributed by atoms with van der Waals surface area (Å²) in [7, 11) is 3.04. The second-order valence-electron chi connectivity index (χ2n) is 7.82. The van der Waals surface area contributed by atoms with E-state index in [0.29, 0.717) is 42.4 Å². The second kappa shape index (κ2) is 8.05. The summed E-state index contributed by atoms with van der Waals surface area (Å²) in [6.07, 6.45) is 0. The van der Waals surface area contributed by atoms with Crippen molar-refractivity contribution in [3.05, 3.63) is 86.8 Å². The van der Waals surface area contributed by atoms with Crippen LogP contribution in [0.2, 0.25) is 0 Å². The quantitative estimate of drug-likeness (QED) is 0.505. The number of hydrogen-bond donors (Lipinski definition) is 1. The SMILES string of the molecule is Cn1c(=O)c2c(nc3n2CC(c2ccccc2)=NN3CCNc2ccccc2F)n(C)c1=O. The summed E-state index contributed by atoms with van der Waals surface area (Å²) in [5.41, 5.74) is 1.85. The van der Waals surface area contributed by atoms with Gasteiger partial charge in [-0.3, -0.25) is 18.5 Å². The molecule has 0 fully saturated rings. The zero-order chi connectivity index (χ0) is 23.1. The molecule has 0 unspecified atom stereocenters. The molecule has 9 nitrogen and oxygen atoms in total. The lowest BCUT2D eigenvalue weighted by atomic mass is 10.1. The molecule has 10 heteroatoms. The Morgan fingerprint density at radius 2 is 1.73 bits per heavy atom. The van der Waals surface area contributed by atoms with Gasteiger partial charge in [0.25, 0.3) is 5.56 Å². The molecule has 168 valence electrons. The minimum absolute atomic E-state index is 0.301. The first-order valence-electron chi connectivity index (χ1n) is 10.5. The van der Waals surface area contributed by atoms with Crippen LogP contribution in [0.1, 0.15) is 5.56 Å². The Morgan fingerprint density at radius 3 is 2.48 bits per heavy atom. The number of benzene rings is 2. The number of halogens is 1. The fourth-order valence-electron chi connectivity index (χ4n) is 3.98. The van der Waals surface area contributed by atoms with Crippen LogP contribution in [0.3, 0.4) is 0 Å². The van der Waals surface area contributed by atoms with Crippen LogP contribution in [-0.2, 0) is 20.6 Å². The maximum atomic E-state index is 14.0. The van der Waals surface area contributed by atoms with Crippen molar-refractivity contribution in [1.82, 2.24) is 18.7 Å². The van der Waals surface area contributed by atoms with E-state index in [4.69, 9.17) is 5.10 Å². The molecular weight excluding hydrogens is 425 g/mol.